The number of benzene rings is 2. The monoisotopic (exact) mass is 322 g/mol. The Kier molecular flexibility index (Phi) is 3.84. The van der Waals surface area contributed by atoms with Crippen molar-refractivity contribution in [3.63, 3.8) is 0 Å². The second-order valence-electron chi connectivity index (χ2n) is 5.14. The van der Waals surface area contributed by atoms with Gasteiger partial charge in [-0.25, -0.2) is 4.79 Å². The number of nitriles is 1. The number of rotatable bonds is 4. The minimum Gasteiger partial charge on any atom is -0.507 e. The predicted molar refractivity (Wildman–Crippen MR) is 87.8 cm³/mol. The van der Waals surface area contributed by atoms with Gasteiger partial charge in [0.25, 0.3) is 0 Å². The molecule has 0 atom stereocenters. The van der Waals surface area contributed by atoms with E-state index in [2.05, 4.69) is 6.07 Å². The molecule has 24 heavy (non-hydrogen) atoms. The number of nitrogens with zero attached hydrogens (tertiary/aromatic N) is 2. The summed E-state index contributed by atoms with van der Waals surface area (Å²) in [5, 5.41) is 29.0. The van der Waals surface area contributed by atoms with E-state index in [9.17, 15) is 15.2 Å². The number of carboxylic acid groups (broad SMARTS) is 1. The molecule has 0 amide bonds. The summed E-state index contributed by atoms with van der Waals surface area (Å²) in [6.45, 7) is 2.40. The molecule has 0 aliphatic carbocycles. The summed E-state index contributed by atoms with van der Waals surface area (Å²) in [4.78, 5) is 11.0. The van der Waals surface area contributed by atoms with Gasteiger partial charge in [-0.05, 0) is 31.2 Å². The summed E-state index contributed by atoms with van der Waals surface area (Å²) >= 11 is 0. The fraction of sp³-hybridized carbons (Fsp3) is 0.111. The molecule has 3 aromatic rings. The van der Waals surface area contributed by atoms with E-state index in [4.69, 9.17) is 9.84 Å². The Hall–Kier alpha value is -3.46. The molecule has 1 heterocycles. The first kappa shape index (κ1) is 15.4. The van der Waals surface area contributed by atoms with Crippen LogP contribution in [0.3, 0.4) is 0 Å². The number of hydrogen-bond acceptors (Lipinski definition) is 4. The largest absolute Gasteiger partial charge is 0.507 e. The molecule has 120 valence electrons. The second kappa shape index (κ2) is 5.97. The Morgan fingerprint density at radius 1 is 1.29 bits per heavy atom. The summed E-state index contributed by atoms with van der Waals surface area (Å²) in [6, 6.07) is 11.8. The number of phenols is 1. The third-order valence-corrected chi connectivity index (χ3v) is 3.70. The lowest BCUT2D eigenvalue weighted by Crippen LogP contribution is -1.99. The molecular weight excluding hydrogens is 308 g/mol. The third kappa shape index (κ3) is 2.52. The molecule has 6 nitrogen and oxygen atoms in total. The van der Waals surface area contributed by atoms with Gasteiger partial charge in [0.1, 0.15) is 23.1 Å². The van der Waals surface area contributed by atoms with Gasteiger partial charge >= 0.3 is 5.97 Å². The molecule has 6 heteroatoms. The Labute approximate surface area is 137 Å². The van der Waals surface area contributed by atoms with Gasteiger partial charge in [-0.2, -0.15) is 5.26 Å². The molecule has 2 N–H and O–H groups in total. The second-order valence-corrected chi connectivity index (χ2v) is 5.14. The van der Waals surface area contributed by atoms with Gasteiger partial charge in [-0.1, -0.05) is 0 Å². The van der Waals surface area contributed by atoms with E-state index >= 15 is 0 Å². The van der Waals surface area contributed by atoms with Crippen LogP contribution < -0.4 is 4.74 Å². The van der Waals surface area contributed by atoms with Crippen molar-refractivity contribution in [1.82, 2.24) is 4.57 Å². The number of aromatic hydroxyl groups is 1. The minimum absolute atomic E-state index is 0.175. The zero-order valence-corrected chi connectivity index (χ0v) is 12.9. The number of aromatic nitrogens is 1. The zero-order valence-electron chi connectivity index (χ0n) is 12.9. The maximum atomic E-state index is 11.0. The number of carbonyl (C=O) groups is 1. The van der Waals surface area contributed by atoms with Crippen molar-refractivity contribution in [1.29, 1.82) is 5.26 Å². The molecule has 0 fully saturated rings. The van der Waals surface area contributed by atoms with Crippen molar-refractivity contribution < 1.29 is 19.7 Å². The Morgan fingerprint density at radius 2 is 2.08 bits per heavy atom. The van der Waals surface area contributed by atoms with E-state index in [-0.39, 0.29) is 11.3 Å². The maximum absolute atomic E-state index is 11.0. The Bertz CT molecular complexity index is 983. The van der Waals surface area contributed by atoms with Gasteiger partial charge in [-0.15, -0.1) is 0 Å². The number of carboxylic acids is 1. The van der Waals surface area contributed by atoms with Crippen LogP contribution >= 0.6 is 0 Å². The van der Waals surface area contributed by atoms with Gasteiger partial charge in [0.2, 0.25) is 0 Å². The number of ether oxygens (including phenoxy) is 1. The first-order valence-corrected chi connectivity index (χ1v) is 7.30. The van der Waals surface area contributed by atoms with Crippen LogP contribution in [0.15, 0.2) is 42.6 Å². The van der Waals surface area contributed by atoms with Crippen molar-refractivity contribution in [3.05, 3.63) is 53.7 Å². The smallest absolute Gasteiger partial charge is 0.339 e. The van der Waals surface area contributed by atoms with Crippen LogP contribution in [-0.2, 0) is 0 Å². The molecule has 0 spiro atoms. The number of fused-ring (bicyclic) bond motifs is 1. The van der Waals surface area contributed by atoms with E-state index < -0.39 is 5.97 Å². The van der Waals surface area contributed by atoms with Crippen molar-refractivity contribution in [3.8, 4) is 23.3 Å². The highest BCUT2D eigenvalue weighted by atomic mass is 16.5. The molecule has 0 aliphatic rings. The normalized spacial score (nSPS) is 10.5. The Balaban J connectivity index is 2.21. The lowest BCUT2D eigenvalue weighted by atomic mass is 10.1. The van der Waals surface area contributed by atoms with Crippen LogP contribution in [-0.4, -0.2) is 27.4 Å². The summed E-state index contributed by atoms with van der Waals surface area (Å²) < 4.78 is 7.22. The van der Waals surface area contributed by atoms with Gasteiger partial charge in [0.05, 0.1) is 17.7 Å². The zero-order chi connectivity index (χ0) is 17.3. The first-order chi connectivity index (χ1) is 11.5. The first-order valence-electron chi connectivity index (χ1n) is 7.30. The highest BCUT2D eigenvalue weighted by molar-refractivity contribution is 5.92. The summed E-state index contributed by atoms with van der Waals surface area (Å²) in [7, 11) is 0. The molecule has 0 saturated carbocycles. The third-order valence-electron chi connectivity index (χ3n) is 3.70. The predicted octanol–water partition coefficient (Wildman–Crippen LogP) is 3.30. The summed E-state index contributed by atoms with van der Waals surface area (Å²) in [6.07, 6.45) is 1.65. The average Bonchev–Trinajstić information content (AvgIpc) is 2.92. The highest BCUT2D eigenvalue weighted by Gasteiger charge is 2.14. The quantitative estimate of drug-likeness (QED) is 0.768. The van der Waals surface area contributed by atoms with Gasteiger partial charge in [0.15, 0.2) is 0 Å². The van der Waals surface area contributed by atoms with Crippen LogP contribution in [0.5, 0.6) is 11.5 Å². The number of hydrogen-bond donors (Lipinski definition) is 2. The van der Waals surface area contributed by atoms with Crippen LogP contribution in [0, 0.1) is 11.3 Å². The lowest BCUT2D eigenvalue weighted by molar-refractivity contribution is 0.0694. The van der Waals surface area contributed by atoms with E-state index in [0.717, 1.165) is 10.9 Å². The molecule has 3 rings (SSSR count). The van der Waals surface area contributed by atoms with Crippen molar-refractivity contribution in [2.75, 3.05) is 6.61 Å². The van der Waals surface area contributed by atoms with Crippen molar-refractivity contribution in [2.24, 2.45) is 0 Å². The average molecular weight is 322 g/mol. The van der Waals surface area contributed by atoms with Gasteiger partial charge in [-0.3, -0.25) is 0 Å². The van der Waals surface area contributed by atoms with Crippen LogP contribution in [0.1, 0.15) is 22.8 Å². The number of aromatic carboxylic acids is 1. The summed E-state index contributed by atoms with van der Waals surface area (Å²) in [5.74, 6) is -0.866. The minimum atomic E-state index is -1.20. The van der Waals surface area contributed by atoms with Crippen LogP contribution in [0.2, 0.25) is 0 Å². The highest BCUT2D eigenvalue weighted by Crippen LogP contribution is 2.30. The van der Waals surface area contributed by atoms with E-state index in [1.54, 1.807) is 29.0 Å². The van der Waals surface area contributed by atoms with Gasteiger partial charge in [0, 0.05) is 29.4 Å². The SMILES string of the molecule is CCOc1ccc2c(C#N)cn(-c3ccc(C(=O)O)c(O)c3)c2c1. The molecule has 0 aliphatic heterocycles. The molecular formula is C18H14N2O4. The fourth-order valence-electron chi connectivity index (χ4n) is 2.62. The fourth-order valence-corrected chi connectivity index (χ4v) is 2.62. The van der Waals surface area contributed by atoms with E-state index in [1.165, 1.54) is 12.1 Å². The van der Waals surface area contributed by atoms with Gasteiger partial charge < -0.3 is 19.5 Å². The van der Waals surface area contributed by atoms with Crippen molar-refractivity contribution >= 4 is 16.9 Å². The Morgan fingerprint density at radius 3 is 2.71 bits per heavy atom. The van der Waals surface area contributed by atoms with Crippen LogP contribution in [0.4, 0.5) is 0 Å². The molecule has 0 saturated heterocycles. The summed E-state index contributed by atoms with van der Waals surface area (Å²) in [5.41, 5.74) is 1.60. The molecule has 0 unspecified atom stereocenters. The molecule has 0 bridgehead atoms. The standard InChI is InChI=1S/C18H14N2O4/c1-2-24-13-4-6-14-11(9-19)10-20(16(14)8-13)12-3-5-15(18(22)23)17(21)7-12/h3-8,10,21H,2H2,1H3,(H,22,23). The van der Waals surface area contributed by atoms with E-state index in [0.29, 0.717) is 23.6 Å². The lowest BCUT2D eigenvalue weighted by Gasteiger charge is -2.09. The van der Waals surface area contributed by atoms with Crippen molar-refractivity contribution in [2.45, 2.75) is 6.92 Å². The van der Waals surface area contributed by atoms with Crippen LogP contribution in [0.25, 0.3) is 16.6 Å². The topological polar surface area (TPSA) is 95.5 Å². The van der Waals surface area contributed by atoms with E-state index in [1.807, 2.05) is 13.0 Å². The molecule has 2 aromatic carbocycles. The maximum Gasteiger partial charge on any atom is 0.339 e. The molecule has 1 aromatic heterocycles. The molecule has 0 radical (unpaired) electrons.